The minimum Gasteiger partial charge on any atom is -0.390 e. The van der Waals surface area contributed by atoms with Crippen LogP contribution in [0.4, 0.5) is 0 Å². The van der Waals surface area contributed by atoms with Gasteiger partial charge in [-0.15, -0.1) is 0 Å². The van der Waals surface area contributed by atoms with Crippen molar-refractivity contribution in [3.63, 3.8) is 0 Å². The van der Waals surface area contributed by atoms with E-state index < -0.39 is 5.60 Å². The van der Waals surface area contributed by atoms with Gasteiger partial charge in [-0.1, -0.05) is 13.3 Å². The fourth-order valence-electron chi connectivity index (χ4n) is 9.31. The van der Waals surface area contributed by atoms with E-state index >= 15 is 0 Å². The summed E-state index contributed by atoms with van der Waals surface area (Å²) in [6.07, 6.45) is 14.8. The van der Waals surface area contributed by atoms with Gasteiger partial charge in [0.15, 0.2) is 0 Å². The molecule has 30 heavy (non-hydrogen) atoms. The van der Waals surface area contributed by atoms with Gasteiger partial charge in [-0.05, 0) is 126 Å². The molecule has 9 unspecified atom stereocenters. The summed E-state index contributed by atoms with van der Waals surface area (Å²) >= 11 is 0. The van der Waals surface area contributed by atoms with Gasteiger partial charge in [0.05, 0.1) is 12.1 Å². The van der Waals surface area contributed by atoms with Crippen molar-refractivity contribution in [2.24, 2.45) is 40.9 Å². The molecule has 1 aliphatic heterocycles. The summed E-state index contributed by atoms with van der Waals surface area (Å²) in [6.45, 7) is 8.71. The molecule has 3 heteroatoms. The van der Waals surface area contributed by atoms with Gasteiger partial charge in [0.25, 0.3) is 0 Å². The number of carbonyl (C=O) groups excluding carboxylic acids is 1. The van der Waals surface area contributed by atoms with Crippen molar-refractivity contribution in [3.8, 4) is 0 Å². The van der Waals surface area contributed by atoms with Crippen molar-refractivity contribution in [3.05, 3.63) is 0 Å². The summed E-state index contributed by atoms with van der Waals surface area (Å²) in [4.78, 5) is 16.0. The van der Waals surface area contributed by atoms with E-state index in [0.717, 1.165) is 55.4 Å². The standard InChI is InChI=1S/C27H45NO2/c1-18-6-4-5-15-28(18)17-25(29)24-10-9-23-22-8-7-19-16-26(2,30)13-11-20(19)21(22)12-14-27(23,24)3/h18-24,30H,4-17H2,1-3H3. The first-order chi connectivity index (χ1) is 14.3. The summed E-state index contributed by atoms with van der Waals surface area (Å²) in [7, 11) is 0. The third kappa shape index (κ3) is 3.60. The Labute approximate surface area is 184 Å². The van der Waals surface area contributed by atoms with Crippen LogP contribution in [-0.4, -0.2) is 40.5 Å². The van der Waals surface area contributed by atoms with Crippen molar-refractivity contribution in [2.45, 2.75) is 109 Å². The molecule has 0 spiro atoms. The third-order valence-electron chi connectivity index (χ3n) is 10.9. The fraction of sp³-hybridized carbons (Fsp3) is 0.963. The molecule has 0 bridgehead atoms. The van der Waals surface area contributed by atoms with Crippen LogP contribution in [0, 0.1) is 40.9 Å². The lowest BCUT2D eigenvalue weighted by molar-refractivity contribution is -0.134. The van der Waals surface area contributed by atoms with Gasteiger partial charge in [0.2, 0.25) is 0 Å². The van der Waals surface area contributed by atoms with E-state index in [4.69, 9.17) is 0 Å². The molecule has 5 fully saturated rings. The summed E-state index contributed by atoms with van der Waals surface area (Å²) in [5.74, 6) is 4.95. The zero-order chi connectivity index (χ0) is 21.1. The maximum absolute atomic E-state index is 13.5. The molecule has 1 saturated heterocycles. The summed E-state index contributed by atoms with van der Waals surface area (Å²) in [5, 5.41) is 10.6. The first-order valence-electron chi connectivity index (χ1n) is 13.3. The summed E-state index contributed by atoms with van der Waals surface area (Å²) in [5.41, 5.74) is -0.169. The molecule has 0 aromatic carbocycles. The molecule has 170 valence electrons. The van der Waals surface area contributed by atoms with Gasteiger partial charge in [0, 0.05) is 12.0 Å². The molecule has 3 nitrogen and oxygen atoms in total. The molecule has 0 aromatic heterocycles. The monoisotopic (exact) mass is 415 g/mol. The smallest absolute Gasteiger partial charge is 0.150 e. The number of rotatable bonds is 3. The molecule has 0 amide bonds. The van der Waals surface area contributed by atoms with E-state index in [1.807, 2.05) is 0 Å². The van der Waals surface area contributed by atoms with Crippen LogP contribution in [0.2, 0.25) is 0 Å². The highest BCUT2D eigenvalue weighted by Gasteiger charge is 2.58. The minimum atomic E-state index is -0.423. The largest absolute Gasteiger partial charge is 0.390 e. The molecular weight excluding hydrogens is 370 g/mol. The highest BCUT2D eigenvalue weighted by Crippen LogP contribution is 2.64. The van der Waals surface area contributed by atoms with Crippen LogP contribution in [0.25, 0.3) is 0 Å². The SMILES string of the molecule is CC1CCCCN1CC(=O)C1CCC2C3CCC4CC(C)(O)CCC4C3CCC12C. The van der Waals surface area contributed by atoms with Gasteiger partial charge < -0.3 is 5.11 Å². The number of likely N-dealkylation sites (tertiary alicyclic amines) is 1. The maximum Gasteiger partial charge on any atom is 0.150 e. The number of fused-ring (bicyclic) bond motifs is 5. The first kappa shape index (κ1) is 21.4. The number of aliphatic hydroxyl groups is 1. The average Bonchev–Trinajstić information content (AvgIpc) is 3.06. The Bertz CT molecular complexity index is 659. The molecule has 0 aromatic rings. The second-order valence-electron chi connectivity index (χ2n) is 12.6. The molecule has 5 aliphatic rings. The van der Waals surface area contributed by atoms with Crippen LogP contribution >= 0.6 is 0 Å². The molecule has 9 atom stereocenters. The predicted octanol–water partition coefficient (Wildman–Crippen LogP) is 5.45. The fourth-order valence-corrected chi connectivity index (χ4v) is 9.31. The number of hydrogen-bond acceptors (Lipinski definition) is 3. The lowest BCUT2D eigenvalue weighted by atomic mass is 9.49. The highest BCUT2D eigenvalue weighted by molar-refractivity contribution is 5.84. The Morgan fingerprint density at radius 3 is 2.53 bits per heavy atom. The van der Waals surface area contributed by atoms with Crippen molar-refractivity contribution >= 4 is 5.78 Å². The van der Waals surface area contributed by atoms with E-state index in [2.05, 4.69) is 25.7 Å². The van der Waals surface area contributed by atoms with Gasteiger partial charge in [-0.2, -0.15) is 0 Å². The predicted molar refractivity (Wildman–Crippen MR) is 121 cm³/mol. The average molecular weight is 416 g/mol. The number of nitrogens with zero attached hydrogens (tertiary/aromatic N) is 1. The van der Waals surface area contributed by atoms with Crippen molar-refractivity contribution < 1.29 is 9.90 Å². The van der Waals surface area contributed by atoms with Crippen molar-refractivity contribution in [1.82, 2.24) is 4.90 Å². The summed E-state index contributed by atoms with van der Waals surface area (Å²) in [6, 6.07) is 0.585. The summed E-state index contributed by atoms with van der Waals surface area (Å²) < 4.78 is 0. The van der Waals surface area contributed by atoms with Crippen LogP contribution in [-0.2, 0) is 4.79 Å². The van der Waals surface area contributed by atoms with E-state index in [9.17, 15) is 9.90 Å². The molecule has 0 radical (unpaired) electrons. The number of piperidine rings is 1. The molecule has 5 rings (SSSR count). The van der Waals surface area contributed by atoms with Crippen LogP contribution < -0.4 is 0 Å². The second kappa shape index (κ2) is 7.87. The first-order valence-corrected chi connectivity index (χ1v) is 13.3. The quantitative estimate of drug-likeness (QED) is 0.666. The number of ketones is 1. The van der Waals surface area contributed by atoms with Crippen LogP contribution in [0.5, 0.6) is 0 Å². The van der Waals surface area contributed by atoms with Crippen LogP contribution in [0.3, 0.4) is 0 Å². The topological polar surface area (TPSA) is 40.5 Å². The Morgan fingerprint density at radius 2 is 1.73 bits per heavy atom. The molecule has 4 aliphatic carbocycles. The van der Waals surface area contributed by atoms with E-state index in [1.165, 1.54) is 57.8 Å². The molecule has 4 saturated carbocycles. The Balaban J connectivity index is 1.28. The Hall–Kier alpha value is -0.410. The van der Waals surface area contributed by atoms with Gasteiger partial charge in [-0.25, -0.2) is 0 Å². The lowest BCUT2D eigenvalue weighted by Gasteiger charge is -2.57. The third-order valence-corrected chi connectivity index (χ3v) is 10.9. The van der Waals surface area contributed by atoms with Gasteiger partial charge >= 0.3 is 0 Å². The van der Waals surface area contributed by atoms with Crippen LogP contribution in [0.1, 0.15) is 97.8 Å². The Kier molecular flexibility index (Phi) is 5.62. The number of Topliss-reactive ketones (excluding diaryl/α,β-unsaturated/α-hetero) is 1. The number of hydrogen-bond donors (Lipinski definition) is 1. The zero-order valence-electron chi connectivity index (χ0n) is 19.7. The van der Waals surface area contributed by atoms with Crippen molar-refractivity contribution in [2.75, 3.05) is 13.1 Å². The van der Waals surface area contributed by atoms with E-state index in [1.54, 1.807) is 0 Å². The minimum absolute atomic E-state index is 0.254. The highest BCUT2D eigenvalue weighted by atomic mass is 16.3. The molecular formula is C27H45NO2. The van der Waals surface area contributed by atoms with Gasteiger partial charge in [0.1, 0.15) is 5.78 Å². The second-order valence-corrected chi connectivity index (χ2v) is 12.6. The Morgan fingerprint density at radius 1 is 0.933 bits per heavy atom. The van der Waals surface area contributed by atoms with Gasteiger partial charge in [-0.3, -0.25) is 9.69 Å². The van der Waals surface area contributed by atoms with E-state index in [0.29, 0.717) is 24.3 Å². The zero-order valence-corrected chi connectivity index (χ0v) is 19.7. The normalized spacial score (nSPS) is 51.7. The number of carbonyl (C=O) groups is 1. The molecule has 1 heterocycles. The van der Waals surface area contributed by atoms with Crippen LogP contribution in [0.15, 0.2) is 0 Å². The lowest BCUT2D eigenvalue weighted by Crippen LogP contribution is -2.51. The van der Waals surface area contributed by atoms with Crippen molar-refractivity contribution in [1.29, 1.82) is 0 Å². The van der Waals surface area contributed by atoms with E-state index in [-0.39, 0.29) is 5.41 Å². The maximum atomic E-state index is 13.5. The molecule has 1 N–H and O–H groups in total.